The molecule has 118 valence electrons. The van der Waals surface area contributed by atoms with Crippen molar-refractivity contribution in [3.05, 3.63) is 41.4 Å². The number of halogens is 1. The van der Waals surface area contributed by atoms with Gasteiger partial charge in [-0.15, -0.1) is 0 Å². The highest BCUT2D eigenvalue weighted by molar-refractivity contribution is 8.14. The van der Waals surface area contributed by atoms with Gasteiger partial charge in [0.2, 0.25) is 0 Å². The molecule has 0 aliphatic carbocycles. The van der Waals surface area contributed by atoms with Gasteiger partial charge < -0.3 is 4.90 Å². The van der Waals surface area contributed by atoms with Crippen LogP contribution < -0.4 is 4.90 Å². The lowest BCUT2D eigenvalue weighted by Crippen LogP contribution is -2.39. The molecular formula is C15H17ClN2O2S2. The first-order chi connectivity index (χ1) is 10.4. The van der Waals surface area contributed by atoms with Crippen molar-refractivity contribution in [2.75, 3.05) is 22.2 Å². The summed E-state index contributed by atoms with van der Waals surface area (Å²) in [5.41, 5.74) is 2.00. The van der Waals surface area contributed by atoms with E-state index in [1.807, 2.05) is 36.1 Å². The van der Waals surface area contributed by atoms with E-state index in [-0.39, 0.29) is 23.6 Å². The average molecular weight is 357 g/mol. The van der Waals surface area contributed by atoms with Gasteiger partial charge in [-0.25, -0.2) is 8.42 Å². The average Bonchev–Trinajstić information content (AvgIpc) is 2.89. The molecule has 7 heteroatoms. The third-order valence-electron chi connectivity index (χ3n) is 3.66. The van der Waals surface area contributed by atoms with Gasteiger partial charge in [0.1, 0.15) is 0 Å². The zero-order chi connectivity index (χ0) is 15.9. The van der Waals surface area contributed by atoms with Crippen LogP contribution in [0.3, 0.4) is 0 Å². The predicted octanol–water partition coefficient (Wildman–Crippen LogP) is 2.99. The molecular weight excluding hydrogens is 340 g/mol. The summed E-state index contributed by atoms with van der Waals surface area (Å²) in [4.78, 5) is 6.69. The minimum absolute atomic E-state index is 0.112. The second kappa shape index (κ2) is 5.91. The summed E-state index contributed by atoms with van der Waals surface area (Å²) >= 11 is 7.56. The number of rotatable bonds is 3. The van der Waals surface area contributed by atoms with Crippen molar-refractivity contribution in [3.63, 3.8) is 0 Å². The van der Waals surface area contributed by atoms with E-state index in [1.165, 1.54) is 0 Å². The summed E-state index contributed by atoms with van der Waals surface area (Å²) in [6.45, 7) is 5.89. The molecule has 22 heavy (non-hydrogen) atoms. The molecule has 0 N–H and O–H groups in total. The third-order valence-corrected chi connectivity index (χ3v) is 6.81. The van der Waals surface area contributed by atoms with E-state index >= 15 is 0 Å². The lowest BCUT2D eigenvalue weighted by Gasteiger charge is -2.26. The second-order valence-electron chi connectivity index (χ2n) is 5.72. The Labute approximate surface area is 140 Å². The van der Waals surface area contributed by atoms with Crippen molar-refractivity contribution in [3.8, 4) is 0 Å². The van der Waals surface area contributed by atoms with E-state index in [0.717, 1.165) is 22.2 Å². The van der Waals surface area contributed by atoms with Crippen LogP contribution in [-0.4, -0.2) is 42.9 Å². The number of amidine groups is 1. The van der Waals surface area contributed by atoms with Crippen molar-refractivity contribution in [2.45, 2.75) is 19.0 Å². The highest BCUT2D eigenvalue weighted by Crippen LogP contribution is 2.35. The minimum atomic E-state index is -3.01. The Kier molecular flexibility index (Phi) is 4.27. The first kappa shape index (κ1) is 15.9. The fourth-order valence-corrected chi connectivity index (χ4v) is 5.66. The Balaban J connectivity index is 1.93. The van der Waals surface area contributed by atoms with Crippen LogP contribution >= 0.6 is 23.4 Å². The Bertz CT molecular complexity index is 728. The standard InChI is InChI=1S/C15H17ClN2O2S2/c1-10(2)7-21-15-17-13-8-22(19,20)9-14(13)18(15)12-5-3-11(16)4-6-12/h3-6,13-14H,1,7-9H2,2H3/t13-,14+/m0/s1. The Morgan fingerprint density at radius 3 is 2.73 bits per heavy atom. The summed E-state index contributed by atoms with van der Waals surface area (Å²) < 4.78 is 23.8. The quantitative estimate of drug-likeness (QED) is 0.781. The fraction of sp³-hybridized carbons (Fsp3) is 0.400. The summed E-state index contributed by atoms with van der Waals surface area (Å²) in [6.07, 6.45) is 0. The van der Waals surface area contributed by atoms with E-state index in [0.29, 0.717) is 5.02 Å². The summed E-state index contributed by atoms with van der Waals surface area (Å²) in [6, 6.07) is 7.16. The highest BCUT2D eigenvalue weighted by Gasteiger charge is 2.47. The monoisotopic (exact) mass is 356 g/mol. The van der Waals surface area contributed by atoms with Crippen LogP contribution in [0.4, 0.5) is 5.69 Å². The van der Waals surface area contributed by atoms with E-state index in [2.05, 4.69) is 11.6 Å². The molecule has 0 saturated carbocycles. The number of anilines is 1. The molecule has 0 amide bonds. The fourth-order valence-electron chi connectivity index (χ4n) is 2.72. The van der Waals surface area contributed by atoms with Crippen LogP contribution in [0.25, 0.3) is 0 Å². The van der Waals surface area contributed by atoms with Gasteiger partial charge in [-0.1, -0.05) is 35.5 Å². The zero-order valence-electron chi connectivity index (χ0n) is 12.2. The molecule has 4 nitrogen and oxygen atoms in total. The number of fused-ring (bicyclic) bond motifs is 1. The van der Waals surface area contributed by atoms with Crippen molar-refractivity contribution in [1.29, 1.82) is 0 Å². The number of thioether (sulfide) groups is 1. The zero-order valence-corrected chi connectivity index (χ0v) is 14.6. The maximum absolute atomic E-state index is 11.9. The largest absolute Gasteiger partial charge is 0.315 e. The lowest BCUT2D eigenvalue weighted by atomic mass is 10.1. The number of hydrogen-bond donors (Lipinski definition) is 0. The van der Waals surface area contributed by atoms with Crippen LogP contribution in [-0.2, 0) is 9.84 Å². The molecule has 0 bridgehead atoms. The number of hydrogen-bond acceptors (Lipinski definition) is 5. The van der Waals surface area contributed by atoms with Crippen molar-refractivity contribution >= 4 is 44.1 Å². The molecule has 1 aromatic carbocycles. The topological polar surface area (TPSA) is 49.7 Å². The molecule has 1 saturated heterocycles. The van der Waals surface area contributed by atoms with Gasteiger partial charge in [0, 0.05) is 16.5 Å². The summed E-state index contributed by atoms with van der Waals surface area (Å²) in [7, 11) is -3.01. The molecule has 3 rings (SSSR count). The van der Waals surface area contributed by atoms with Crippen molar-refractivity contribution in [1.82, 2.24) is 0 Å². The van der Waals surface area contributed by atoms with Crippen molar-refractivity contribution in [2.24, 2.45) is 4.99 Å². The van der Waals surface area contributed by atoms with Gasteiger partial charge in [-0.3, -0.25) is 4.99 Å². The van der Waals surface area contributed by atoms with Gasteiger partial charge in [0.25, 0.3) is 0 Å². The third kappa shape index (κ3) is 3.19. The summed E-state index contributed by atoms with van der Waals surface area (Å²) in [5, 5.41) is 1.53. The number of aliphatic imine (C=N–C) groups is 1. The first-order valence-corrected chi connectivity index (χ1v) is 10.1. The number of benzene rings is 1. The predicted molar refractivity (Wildman–Crippen MR) is 94.9 cm³/mol. The van der Waals surface area contributed by atoms with Crippen LogP contribution in [0.2, 0.25) is 5.02 Å². The highest BCUT2D eigenvalue weighted by atomic mass is 35.5. The Morgan fingerprint density at radius 2 is 2.09 bits per heavy atom. The minimum Gasteiger partial charge on any atom is -0.315 e. The van der Waals surface area contributed by atoms with Gasteiger partial charge in [0.15, 0.2) is 15.0 Å². The van der Waals surface area contributed by atoms with Crippen LogP contribution in [0.15, 0.2) is 41.4 Å². The first-order valence-electron chi connectivity index (χ1n) is 6.96. The van der Waals surface area contributed by atoms with Gasteiger partial charge in [0.05, 0.1) is 23.6 Å². The Hall–Kier alpha value is -0.980. The van der Waals surface area contributed by atoms with Crippen LogP contribution in [0.5, 0.6) is 0 Å². The van der Waals surface area contributed by atoms with Gasteiger partial charge in [-0.2, -0.15) is 0 Å². The lowest BCUT2D eigenvalue weighted by molar-refractivity contribution is 0.601. The van der Waals surface area contributed by atoms with Crippen molar-refractivity contribution < 1.29 is 8.42 Å². The normalized spacial score (nSPS) is 25.9. The smallest absolute Gasteiger partial charge is 0.164 e. The molecule has 1 aromatic rings. The summed E-state index contributed by atoms with van der Waals surface area (Å²) in [5.74, 6) is 1.06. The molecule has 2 atom stereocenters. The molecule has 2 aliphatic heterocycles. The molecule has 0 aromatic heterocycles. The van der Waals surface area contributed by atoms with E-state index in [1.54, 1.807) is 11.8 Å². The maximum atomic E-state index is 11.9. The molecule has 2 aliphatic rings. The van der Waals surface area contributed by atoms with Crippen LogP contribution in [0, 0.1) is 0 Å². The SMILES string of the molecule is C=C(C)CSC1=N[C@H]2CS(=O)(=O)C[C@H]2N1c1ccc(Cl)cc1. The molecule has 0 unspecified atom stereocenters. The molecule has 1 fully saturated rings. The molecule has 0 radical (unpaired) electrons. The van der Waals surface area contributed by atoms with Crippen LogP contribution in [0.1, 0.15) is 6.92 Å². The second-order valence-corrected chi connectivity index (χ2v) is 9.25. The van der Waals surface area contributed by atoms with E-state index < -0.39 is 9.84 Å². The molecule has 2 heterocycles. The van der Waals surface area contributed by atoms with E-state index in [9.17, 15) is 8.42 Å². The van der Waals surface area contributed by atoms with Gasteiger partial charge >= 0.3 is 0 Å². The Morgan fingerprint density at radius 1 is 1.41 bits per heavy atom. The maximum Gasteiger partial charge on any atom is 0.164 e. The molecule has 0 spiro atoms. The van der Waals surface area contributed by atoms with Gasteiger partial charge in [-0.05, 0) is 31.2 Å². The number of sulfone groups is 1. The van der Waals surface area contributed by atoms with E-state index in [4.69, 9.17) is 11.6 Å². The number of nitrogens with zero attached hydrogens (tertiary/aromatic N) is 2.